The van der Waals surface area contributed by atoms with Crippen molar-refractivity contribution >= 4 is 11.9 Å². The number of nitrogens with zero attached hydrogens (tertiary/aromatic N) is 5. The number of rotatable bonds is 3. The first-order valence-electron chi connectivity index (χ1n) is 10.3. The molecule has 2 aliphatic rings. The number of aryl methyl sites for hydroxylation is 1. The molecule has 0 aliphatic carbocycles. The molecule has 2 aromatic heterocycles. The molecule has 1 fully saturated rings. The molecule has 0 unspecified atom stereocenters. The molecule has 31 heavy (non-hydrogen) atoms. The lowest BCUT2D eigenvalue weighted by Crippen LogP contribution is -2.26. The first-order valence-corrected chi connectivity index (χ1v) is 10.3. The Labute approximate surface area is 178 Å². The molecule has 2 aromatic rings. The normalized spacial score (nSPS) is 16.8. The maximum Gasteiger partial charge on any atom is 0.490 e. The number of carboxylic acid groups (broad SMARTS) is 1. The molecule has 0 amide bonds. The second-order valence-corrected chi connectivity index (χ2v) is 7.67. The van der Waals surface area contributed by atoms with E-state index in [1.54, 1.807) is 0 Å². The van der Waals surface area contributed by atoms with E-state index < -0.39 is 12.1 Å². The van der Waals surface area contributed by atoms with E-state index in [2.05, 4.69) is 27.8 Å². The zero-order valence-electron chi connectivity index (χ0n) is 17.4. The second-order valence-electron chi connectivity index (χ2n) is 7.67. The van der Waals surface area contributed by atoms with Gasteiger partial charge in [0, 0.05) is 57.2 Å². The van der Waals surface area contributed by atoms with Crippen molar-refractivity contribution in [2.75, 3.05) is 31.1 Å². The second kappa shape index (κ2) is 10.0. The number of aromatic nitrogens is 3. The summed E-state index contributed by atoms with van der Waals surface area (Å²) in [6.45, 7) is 7.44. The van der Waals surface area contributed by atoms with Crippen LogP contribution in [0.15, 0.2) is 24.5 Å². The van der Waals surface area contributed by atoms with Crippen molar-refractivity contribution in [3.8, 4) is 0 Å². The third kappa shape index (κ3) is 6.36. The highest BCUT2D eigenvalue weighted by Crippen LogP contribution is 2.23. The Morgan fingerprint density at radius 3 is 2.42 bits per heavy atom. The number of hydrogen-bond acceptors (Lipinski definition) is 6. The maximum atomic E-state index is 10.6. The number of pyridine rings is 1. The largest absolute Gasteiger partial charge is 0.490 e. The third-order valence-electron chi connectivity index (χ3n) is 5.39. The summed E-state index contributed by atoms with van der Waals surface area (Å²) < 4.78 is 31.7. The van der Waals surface area contributed by atoms with Gasteiger partial charge in [0.1, 0.15) is 0 Å². The van der Waals surface area contributed by atoms with Gasteiger partial charge in [0.2, 0.25) is 5.95 Å². The molecule has 0 atom stereocenters. The molecule has 0 saturated carbocycles. The number of anilines is 1. The van der Waals surface area contributed by atoms with Gasteiger partial charge in [-0.2, -0.15) is 13.2 Å². The van der Waals surface area contributed by atoms with Crippen molar-refractivity contribution in [2.45, 2.75) is 45.3 Å². The van der Waals surface area contributed by atoms with Crippen LogP contribution in [0.25, 0.3) is 0 Å². The molecule has 10 heteroatoms. The van der Waals surface area contributed by atoms with Crippen LogP contribution < -0.4 is 4.90 Å². The highest BCUT2D eigenvalue weighted by Gasteiger charge is 2.38. The van der Waals surface area contributed by atoms with Gasteiger partial charge in [-0.25, -0.2) is 14.8 Å². The lowest BCUT2D eigenvalue weighted by atomic mass is 10.1. The van der Waals surface area contributed by atoms with Crippen molar-refractivity contribution in [1.29, 1.82) is 0 Å². The highest BCUT2D eigenvalue weighted by atomic mass is 19.4. The SMILES string of the molecule is Cc1nc(N2CCCC2)nc2c1CCN(Cc1cccnc1)CC2.O=C(O)C(F)(F)F. The molecular formula is C21H26F3N5O2. The average molecular weight is 437 g/mol. The summed E-state index contributed by atoms with van der Waals surface area (Å²) in [5.41, 5.74) is 5.08. The van der Waals surface area contributed by atoms with E-state index in [1.807, 2.05) is 18.5 Å². The topological polar surface area (TPSA) is 82.5 Å². The van der Waals surface area contributed by atoms with Crippen molar-refractivity contribution in [2.24, 2.45) is 0 Å². The van der Waals surface area contributed by atoms with E-state index in [4.69, 9.17) is 19.9 Å². The van der Waals surface area contributed by atoms with Gasteiger partial charge in [-0.1, -0.05) is 6.07 Å². The number of hydrogen-bond donors (Lipinski definition) is 1. The van der Waals surface area contributed by atoms with Gasteiger partial charge in [0.25, 0.3) is 0 Å². The van der Waals surface area contributed by atoms with E-state index in [0.717, 1.165) is 51.5 Å². The first-order chi connectivity index (χ1) is 14.7. The molecule has 7 nitrogen and oxygen atoms in total. The zero-order valence-corrected chi connectivity index (χ0v) is 17.4. The minimum atomic E-state index is -5.08. The summed E-state index contributed by atoms with van der Waals surface area (Å²) >= 11 is 0. The number of aliphatic carboxylic acids is 1. The van der Waals surface area contributed by atoms with Crippen molar-refractivity contribution in [3.05, 3.63) is 47.0 Å². The fourth-order valence-corrected chi connectivity index (χ4v) is 3.78. The van der Waals surface area contributed by atoms with Crippen LogP contribution in [0.1, 0.15) is 35.4 Å². The number of halogens is 3. The van der Waals surface area contributed by atoms with E-state index in [9.17, 15) is 13.2 Å². The Hall–Kier alpha value is -2.75. The van der Waals surface area contributed by atoms with Gasteiger partial charge in [0.15, 0.2) is 0 Å². The van der Waals surface area contributed by atoms with Gasteiger partial charge < -0.3 is 10.0 Å². The highest BCUT2D eigenvalue weighted by molar-refractivity contribution is 5.73. The molecule has 0 bridgehead atoms. The van der Waals surface area contributed by atoms with Gasteiger partial charge in [-0.3, -0.25) is 9.88 Å². The monoisotopic (exact) mass is 437 g/mol. The van der Waals surface area contributed by atoms with Crippen LogP contribution in [-0.4, -0.2) is 63.3 Å². The van der Waals surface area contributed by atoms with Crippen LogP contribution in [-0.2, 0) is 24.2 Å². The van der Waals surface area contributed by atoms with Gasteiger partial charge >= 0.3 is 12.1 Å². The Morgan fingerprint density at radius 1 is 1.13 bits per heavy atom. The van der Waals surface area contributed by atoms with Crippen LogP contribution in [0.4, 0.5) is 19.1 Å². The van der Waals surface area contributed by atoms with E-state index in [0.29, 0.717) is 0 Å². The number of alkyl halides is 3. The predicted molar refractivity (Wildman–Crippen MR) is 109 cm³/mol. The lowest BCUT2D eigenvalue weighted by Gasteiger charge is -2.19. The third-order valence-corrected chi connectivity index (χ3v) is 5.39. The average Bonchev–Trinajstić information content (AvgIpc) is 3.18. The van der Waals surface area contributed by atoms with Crippen molar-refractivity contribution in [1.82, 2.24) is 19.9 Å². The number of fused-ring (bicyclic) bond motifs is 1. The van der Waals surface area contributed by atoms with Crippen LogP contribution in [0.3, 0.4) is 0 Å². The van der Waals surface area contributed by atoms with Gasteiger partial charge in [-0.15, -0.1) is 0 Å². The fraction of sp³-hybridized carbons (Fsp3) is 0.524. The Bertz CT molecular complexity index is 887. The molecule has 1 N–H and O–H groups in total. The van der Waals surface area contributed by atoms with Gasteiger partial charge in [0.05, 0.1) is 5.69 Å². The van der Waals surface area contributed by atoms with Crippen molar-refractivity contribution in [3.63, 3.8) is 0 Å². The van der Waals surface area contributed by atoms with Crippen molar-refractivity contribution < 1.29 is 23.1 Å². The Kier molecular flexibility index (Phi) is 7.42. The summed E-state index contributed by atoms with van der Waals surface area (Å²) in [5, 5.41) is 7.12. The minimum absolute atomic E-state index is 0.949. The Morgan fingerprint density at radius 2 is 1.81 bits per heavy atom. The molecule has 1 saturated heterocycles. The molecular weight excluding hydrogens is 411 g/mol. The Balaban J connectivity index is 0.000000339. The lowest BCUT2D eigenvalue weighted by molar-refractivity contribution is -0.192. The fourth-order valence-electron chi connectivity index (χ4n) is 3.78. The molecule has 0 spiro atoms. The van der Waals surface area contributed by atoms with E-state index in [1.165, 1.54) is 35.4 Å². The predicted octanol–water partition coefficient (Wildman–Crippen LogP) is 3.01. The number of carbonyl (C=O) groups is 1. The molecule has 4 heterocycles. The summed E-state index contributed by atoms with van der Waals surface area (Å²) in [6, 6.07) is 4.17. The molecule has 168 valence electrons. The van der Waals surface area contributed by atoms with Crippen LogP contribution in [0.5, 0.6) is 0 Å². The van der Waals surface area contributed by atoms with Crippen LogP contribution in [0.2, 0.25) is 0 Å². The molecule has 0 aromatic carbocycles. The first kappa shape index (κ1) is 22.9. The summed E-state index contributed by atoms with van der Waals surface area (Å²) in [6.07, 6.45) is 3.30. The quantitative estimate of drug-likeness (QED) is 0.790. The smallest absolute Gasteiger partial charge is 0.475 e. The zero-order chi connectivity index (χ0) is 22.4. The summed E-state index contributed by atoms with van der Waals surface area (Å²) in [5.74, 6) is -1.81. The minimum Gasteiger partial charge on any atom is -0.475 e. The summed E-state index contributed by atoms with van der Waals surface area (Å²) in [7, 11) is 0. The number of carboxylic acids is 1. The molecule has 4 rings (SSSR count). The van der Waals surface area contributed by atoms with Crippen LogP contribution in [0, 0.1) is 6.92 Å². The molecule has 0 radical (unpaired) electrons. The maximum absolute atomic E-state index is 10.6. The standard InChI is InChI=1S/C19H25N5.C2HF3O2/c1-15-17-6-11-23(14-16-5-4-8-20-13-16)12-7-18(17)22-19(21-15)24-9-2-3-10-24;3-2(4,5)1(6)7/h4-5,8,13H,2-3,6-7,9-12,14H2,1H3;(H,6,7). The summed E-state index contributed by atoms with van der Waals surface area (Å²) in [4.78, 5) is 27.7. The van der Waals surface area contributed by atoms with Gasteiger partial charge in [-0.05, 0) is 43.4 Å². The molecule has 2 aliphatic heterocycles. The van der Waals surface area contributed by atoms with E-state index in [-0.39, 0.29) is 0 Å². The van der Waals surface area contributed by atoms with Crippen LogP contribution >= 0.6 is 0 Å². The van der Waals surface area contributed by atoms with E-state index >= 15 is 0 Å².